The second kappa shape index (κ2) is 8.41. The van der Waals surface area contributed by atoms with E-state index in [1.54, 1.807) is 0 Å². The van der Waals surface area contributed by atoms with Gasteiger partial charge in [-0.1, -0.05) is 0 Å². The summed E-state index contributed by atoms with van der Waals surface area (Å²) in [6, 6.07) is 0. The van der Waals surface area contributed by atoms with Crippen LogP contribution in [0, 0.1) is 10.7 Å². The molecule has 0 saturated carbocycles. The van der Waals surface area contributed by atoms with Crippen LogP contribution in [0.1, 0.15) is 53.4 Å². The Morgan fingerprint density at radius 2 is 1.43 bits per heavy atom. The molecule has 82 valence electrons. The molecule has 0 spiro atoms. The average molecular weight is 255 g/mol. The minimum atomic E-state index is -1.65. The van der Waals surface area contributed by atoms with E-state index in [0.29, 0.717) is 0 Å². The van der Waals surface area contributed by atoms with E-state index in [1.807, 2.05) is 0 Å². The Morgan fingerprint density at radius 1 is 0.857 bits per heavy atom. The van der Waals surface area contributed by atoms with Crippen molar-refractivity contribution in [3.63, 3.8) is 0 Å². The van der Waals surface area contributed by atoms with Gasteiger partial charge in [0.15, 0.2) is 0 Å². The van der Waals surface area contributed by atoms with E-state index in [4.69, 9.17) is 0 Å². The van der Waals surface area contributed by atoms with Crippen molar-refractivity contribution in [2.45, 2.75) is 69.1 Å². The quantitative estimate of drug-likeness (QED) is 0.369. The topological polar surface area (TPSA) is 0 Å². The molecular weight excluding hydrogens is 229 g/mol. The molecule has 1 heteroatoms. The monoisotopic (exact) mass is 256 g/mol. The van der Waals surface area contributed by atoms with Crippen molar-refractivity contribution in [2.24, 2.45) is 0 Å². The molecule has 0 amide bonds. The van der Waals surface area contributed by atoms with Gasteiger partial charge in [-0.25, -0.2) is 0 Å². The molecule has 0 radical (unpaired) electrons. The summed E-state index contributed by atoms with van der Waals surface area (Å²) in [5.41, 5.74) is 0. The minimum absolute atomic E-state index is 1.14. The molecule has 0 heterocycles. The van der Waals surface area contributed by atoms with Gasteiger partial charge < -0.3 is 0 Å². The molecule has 0 N–H and O–H groups in total. The summed E-state index contributed by atoms with van der Waals surface area (Å²) < 4.78 is 3.68. The molecule has 0 aromatic rings. The van der Waals surface area contributed by atoms with Gasteiger partial charge in [-0.05, 0) is 0 Å². The zero-order valence-corrected chi connectivity index (χ0v) is 12.5. The maximum atomic E-state index is 3.68. The second-order valence-electron chi connectivity index (χ2n) is 4.10. The Morgan fingerprint density at radius 3 is 1.86 bits per heavy atom. The fraction of sp³-hybridized carbons (Fsp3) is 0.846. The first kappa shape index (κ1) is 14.1. The van der Waals surface area contributed by atoms with Crippen LogP contribution < -0.4 is 0 Å². The molecule has 0 rings (SSSR count). The number of rotatable bonds is 6. The Bertz CT molecular complexity index is 173. The van der Waals surface area contributed by atoms with E-state index in [-0.39, 0.29) is 0 Å². The van der Waals surface area contributed by atoms with Crippen LogP contribution in [0.25, 0.3) is 0 Å². The SMILES string of the molecule is CCCCCC#[C][Ge]([CH2]C)([CH2]C)[CH2]C. The van der Waals surface area contributed by atoms with Gasteiger partial charge in [-0.15, -0.1) is 0 Å². The van der Waals surface area contributed by atoms with Crippen molar-refractivity contribution in [3.05, 3.63) is 0 Å². The van der Waals surface area contributed by atoms with Crippen molar-refractivity contribution in [2.75, 3.05) is 0 Å². The third kappa shape index (κ3) is 5.10. The van der Waals surface area contributed by atoms with Crippen LogP contribution in [0.4, 0.5) is 0 Å². The number of unbranched alkanes of at least 4 members (excludes halogenated alkanes) is 3. The molecule has 0 aromatic heterocycles. The van der Waals surface area contributed by atoms with Crippen LogP contribution in [0.5, 0.6) is 0 Å². The zero-order chi connectivity index (χ0) is 10.9. The first-order valence-electron chi connectivity index (χ1n) is 6.24. The second-order valence-corrected chi connectivity index (χ2v) is 14.4. The summed E-state index contributed by atoms with van der Waals surface area (Å²) in [6.07, 6.45) is 5.10. The van der Waals surface area contributed by atoms with Crippen LogP contribution in [-0.4, -0.2) is 13.3 Å². The van der Waals surface area contributed by atoms with Crippen molar-refractivity contribution in [1.82, 2.24) is 0 Å². The van der Waals surface area contributed by atoms with Gasteiger partial charge in [0.2, 0.25) is 0 Å². The summed E-state index contributed by atoms with van der Waals surface area (Å²) >= 11 is -1.65. The van der Waals surface area contributed by atoms with Gasteiger partial charge in [-0.2, -0.15) is 0 Å². The first-order chi connectivity index (χ1) is 6.74. The first-order valence-corrected chi connectivity index (χ1v) is 11.7. The van der Waals surface area contributed by atoms with Crippen LogP contribution in [0.2, 0.25) is 15.8 Å². The molecule has 14 heavy (non-hydrogen) atoms. The summed E-state index contributed by atoms with van der Waals surface area (Å²) in [6.45, 7) is 9.27. The molecule has 0 unspecified atom stereocenters. The molecule has 0 saturated heterocycles. The van der Waals surface area contributed by atoms with Crippen molar-refractivity contribution < 1.29 is 0 Å². The van der Waals surface area contributed by atoms with Gasteiger partial charge in [0.1, 0.15) is 0 Å². The standard InChI is InChI=1S/C13H26Ge/c1-5-9-10-11-12-13-14(6-2,7-3)8-4/h5-11H2,1-4H3. The summed E-state index contributed by atoms with van der Waals surface area (Å²) in [5, 5.41) is 4.15. The van der Waals surface area contributed by atoms with Gasteiger partial charge >= 0.3 is 93.1 Å². The average Bonchev–Trinajstić information content (AvgIpc) is 2.24. The normalized spacial score (nSPS) is 10.9. The van der Waals surface area contributed by atoms with Crippen molar-refractivity contribution >= 4 is 13.3 Å². The Labute approximate surface area is 93.2 Å². The molecule has 0 atom stereocenters. The summed E-state index contributed by atoms with van der Waals surface area (Å²) in [5.74, 6) is 3.45. The van der Waals surface area contributed by atoms with Crippen LogP contribution in [-0.2, 0) is 0 Å². The molecule has 0 aromatic carbocycles. The molecule has 0 aliphatic rings. The third-order valence-electron chi connectivity index (χ3n) is 3.29. The molecule has 0 aliphatic heterocycles. The van der Waals surface area contributed by atoms with E-state index in [1.165, 1.54) is 35.0 Å². The van der Waals surface area contributed by atoms with Gasteiger partial charge in [-0.3, -0.25) is 0 Å². The summed E-state index contributed by atoms with van der Waals surface area (Å²) in [4.78, 5) is 0. The molecular formula is C13H26Ge. The Balaban J connectivity index is 4.00. The van der Waals surface area contributed by atoms with Crippen molar-refractivity contribution in [3.8, 4) is 10.7 Å². The van der Waals surface area contributed by atoms with Gasteiger partial charge in [0.25, 0.3) is 0 Å². The van der Waals surface area contributed by atoms with Crippen molar-refractivity contribution in [1.29, 1.82) is 0 Å². The summed E-state index contributed by atoms with van der Waals surface area (Å²) in [7, 11) is 0. The predicted octanol–water partition coefficient (Wildman–Crippen LogP) is 4.62. The number of hydrogen-bond donors (Lipinski definition) is 0. The van der Waals surface area contributed by atoms with E-state index in [9.17, 15) is 0 Å². The Kier molecular flexibility index (Phi) is 8.48. The third-order valence-corrected chi connectivity index (χ3v) is 13.3. The number of hydrogen-bond acceptors (Lipinski definition) is 0. The van der Waals surface area contributed by atoms with E-state index in [2.05, 4.69) is 38.4 Å². The van der Waals surface area contributed by atoms with Crippen LogP contribution in [0.15, 0.2) is 0 Å². The maximum absolute atomic E-state index is 3.68. The zero-order valence-electron chi connectivity index (χ0n) is 10.4. The van der Waals surface area contributed by atoms with Gasteiger partial charge in [0.05, 0.1) is 0 Å². The van der Waals surface area contributed by atoms with Gasteiger partial charge in [0, 0.05) is 0 Å². The molecule has 0 fully saturated rings. The van der Waals surface area contributed by atoms with Crippen LogP contribution in [0.3, 0.4) is 0 Å². The van der Waals surface area contributed by atoms with Crippen LogP contribution >= 0.6 is 0 Å². The predicted molar refractivity (Wildman–Crippen MR) is 69.1 cm³/mol. The van der Waals surface area contributed by atoms with E-state index < -0.39 is 13.3 Å². The van der Waals surface area contributed by atoms with E-state index in [0.717, 1.165) is 6.42 Å². The Hall–Kier alpha value is 0.103. The fourth-order valence-corrected chi connectivity index (χ4v) is 7.04. The molecule has 0 bridgehead atoms. The van der Waals surface area contributed by atoms with E-state index >= 15 is 0 Å². The fourth-order valence-electron chi connectivity index (χ4n) is 1.73. The molecule has 0 aliphatic carbocycles. The molecule has 0 nitrogen and oxygen atoms in total.